The molecule has 72 heavy (non-hydrogen) atoms. The molecule has 0 unspecified atom stereocenters. The predicted octanol–water partition coefficient (Wildman–Crippen LogP) is 12.8. The number of nitrogens with zero attached hydrogens (tertiary/aromatic N) is 1. The lowest BCUT2D eigenvalue weighted by Gasteiger charge is -2.29. The summed E-state index contributed by atoms with van der Waals surface area (Å²) in [4.78, 5) is 92.9. The van der Waals surface area contributed by atoms with Gasteiger partial charge in [-0.1, -0.05) is 156 Å². The first-order valence-electron chi connectivity index (χ1n) is 28.3. The zero-order valence-corrected chi connectivity index (χ0v) is 46.1. The van der Waals surface area contributed by atoms with Crippen LogP contribution in [0.15, 0.2) is 12.2 Å². The second-order valence-corrected chi connectivity index (χ2v) is 20.8. The molecule has 0 N–H and O–H groups in total. The molecule has 1 aliphatic rings. The van der Waals surface area contributed by atoms with Gasteiger partial charge in [0.15, 0.2) is 0 Å². The van der Waals surface area contributed by atoms with E-state index in [2.05, 4.69) is 27.7 Å². The van der Waals surface area contributed by atoms with Gasteiger partial charge in [0, 0.05) is 37.5 Å². The molecule has 0 aromatic carbocycles. The van der Waals surface area contributed by atoms with Gasteiger partial charge in [0.2, 0.25) is 0 Å². The van der Waals surface area contributed by atoms with Crippen LogP contribution in [0.25, 0.3) is 0 Å². The first-order valence-corrected chi connectivity index (χ1v) is 28.3. The Kier molecular flexibility index (Phi) is 38.6. The molecule has 0 spiro atoms. The zero-order chi connectivity index (χ0) is 53.2. The van der Waals surface area contributed by atoms with Crippen molar-refractivity contribution < 1.29 is 66.7 Å². The van der Waals surface area contributed by atoms with Gasteiger partial charge < -0.3 is 38.1 Å². The van der Waals surface area contributed by atoms with Crippen molar-refractivity contribution in [3.63, 3.8) is 0 Å². The topological polar surface area (TPSA) is 187 Å². The summed E-state index contributed by atoms with van der Waals surface area (Å²) >= 11 is 0. The second-order valence-electron chi connectivity index (χ2n) is 20.8. The molecule has 1 aliphatic heterocycles. The van der Waals surface area contributed by atoms with Gasteiger partial charge in [-0.3, -0.25) is 28.8 Å². The van der Waals surface area contributed by atoms with Crippen LogP contribution >= 0.6 is 0 Å². The van der Waals surface area contributed by atoms with Crippen molar-refractivity contribution in [1.82, 2.24) is 4.90 Å². The molecular formula is C57H99NO14. The first kappa shape index (κ1) is 65.8. The summed E-state index contributed by atoms with van der Waals surface area (Å²) in [5.74, 6) is -4.25. The van der Waals surface area contributed by atoms with Gasteiger partial charge in [0.05, 0.1) is 52.4 Å². The lowest BCUT2D eigenvalue weighted by Crippen LogP contribution is -2.44. The Morgan fingerprint density at radius 2 is 0.681 bits per heavy atom. The molecule has 0 saturated heterocycles. The van der Waals surface area contributed by atoms with E-state index >= 15 is 0 Å². The standard InChI is InChI=1S/C57H99NO14/c1-8-12-16-20-24-28-32-50(59)66-42-46(43-67-51(60)33-29-25-21-17-13-9-2)38-54(63)70-48-36-37-49(41-58(40-48)56(65)72-57(5,6)7)71-55(64)39-47(44-68-52(61)34-30-26-22-18-14-10-3)45-69-53(62)35-31-27-23-19-15-11-4/h36-37,46-49H,8-35,38-45H2,1-7H3/t48-,49-/m0/s1. The summed E-state index contributed by atoms with van der Waals surface area (Å²) in [6.45, 7) is 12.9. The van der Waals surface area contributed by atoms with Crippen molar-refractivity contribution in [2.45, 2.75) is 259 Å². The largest absolute Gasteiger partial charge is 0.465 e. The highest BCUT2D eigenvalue weighted by Gasteiger charge is 2.32. The van der Waals surface area contributed by atoms with Crippen LogP contribution in [0.2, 0.25) is 0 Å². The quantitative estimate of drug-likeness (QED) is 0.0243. The number of ether oxygens (including phenoxy) is 7. The van der Waals surface area contributed by atoms with Crippen molar-refractivity contribution in [3.8, 4) is 0 Å². The molecule has 0 aromatic heterocycles. The minimum atomic E-state index is -0.982. The van der Waals surface area contributed by atoms with Crippen molar-refractivity contribution in [2.75, 3.05) is 39.5 Å². The van der Waals surface area contributed by atoms with Gasteiger partial charge in [0.1, 0.15) is 17.8 Å². The third-order valence-corrected chi connectivity index (χ3v) is 12.3. The van der Waals surface area contributed by atoms with E-state index in [9.17, 15) is 33.6 Å². The lowest BCUT2D eigenvalue weighted by molar-refractivity contribution is -0.157. The van der Waals surface area contributed by atoms with Crippen molar-refractivity contribution in [1.29, 1.82) is 0 Å². The van der Waals surface area contributed by atoms with E-state index in [0.717, 1.165) is 128 Å². The number of rotatable bonds is 42. The normalized spacial score (nSPS) is 14.7. The van der Waals surface area contributed by atoms with E-state index in [1.54, 1.807) is 32.9 Å². The molecule has 1 heterocycles. The van der Waals surface area contributed by atoms with Crippen LogP contribution in [-0.4, -0.2) is 104 Å². The number of carbonyl (C=O) groups is 7. The molecule has 0 aromatic rings. The molecule has 0 aliphatic carbocycles. The van der Waals surface area contributed by atoms with Gasteiger partial charge in [-0.25, -0.2) is 4.79 Å². The predicted molar refractivity (Wildman–Crippen MR) is 279 cm³/mol. The maximum absolute atomic E-state index is 13.6. The third-order valence-electron chi connectivity index (χ3n) is 12.3. The Morgan fingerprint density at radius 3 is 0.944 bits per heavy atom. The van der Waals surface area contributed by atoms with Gasteiger partial charge in [-0.15, -0.1) is 0 Å². The number of hydrogen-bond acceptors (Lipinski definition) is 14. The van der Waals surface area contributed by atoms with Crippen molar-refractivity contribution in [3.05, 3.63) is 12.2 Å². The molecule has 15 nitrogen and oxygen atoms in total. The average molecular weight is 1020 g/mol. The van der Waals surface area contributed by atoms with E-state index in [0.29, 0.717) is 25.7 Å². The van der Waals surface area contributed by atoms with Crippen LogP contribution in [-0.2, 0) is 61.9 Å². The second kappa shape index (κ2) is 42.2. The van der Waals surface area contributed by atoms with E-state index in [-0.39, 0.29) is 102 Å². The Balaban J connectivity index is 3.11. The maximum atomic E-state index is 13.6. The van der Waals surface area contributed by atoms with E-state index in [4.69, 9.17) is 33.2 Å². The Labute approximate surface area is 434 Å². The summed E-state index contributed by atoms with van der Waals surface area (Å²) in [5, 5.41) is 0. The smallest absolute Gasteiger partial charge is 0.410 e. The fourth-order valence-electron chi connectivity index (χ4n) is 8.07. The Hall–Kier alpha value is -4.17. The molecule has 0 radical (unpaired) electrons. The molecule has 15 heteroatoms. The molecule has 1 rings (SSSR count). The SMILES string of the molecule is CCCCCCCCC(=O)OCC(COC(=O)CCCCCCCC)CC(=O)O[C@H]1C=C[C@H](OC(=O)CC(COC(=O)CCCCCCCC)COC(=O)CCCCCCCC)CN(C(=O)OC(C)(C)C)C1. The Bertz CT molecular complexity index is 1370. The van der Waals surface area contributed by atoms with Gasteiger partial charge >= 0.3 is 41.9 Å². The molecule has 1 amide bonds. The fraction of sp³-hybridized carbons (Fsp3) is 0.842. The van der Waals surface area contributed by atoms with Crippen LogP contribution in [0.3, 0.4) is 0 Å². The molecule has 0 saturated carbocycles. The zero-order valence-electron chi connectivity index (χ0n) is 46.1. The monoisotopic (exact) mass is 1020 g/mol. The number of hydrogen-bond donors (Lipinski definition) is 0. The molecule has 416 valence electrons. The average Bonchev–Trinajstić information content (AvgIpc) is 3.53. The summed E-state index contributed by atoms with van der Waals surface area (Å²) in [5.41, 5.74) is -0.868. The van der Waals surface area contributed by atoms with Crippen LogP contribution in [0.4, 0.5) is 4.79 Å². The highest BCUT2D eigenvalue weighted by Crippen LogP contribution is 2.20. The van der Waals surface area contributed by atoms with Gasteiger partial charge in [-0.2, -0.15) is 0 Å². The number of carbonyl (C=O) groups excluding carboxylic acids is 7. The maximum Gasteiger partial charge on any atom is 0.410 e. The minimum absolute atomic E-state index is 0.123. The van der Waals surface area contributed by atoms with Gasteiger partial charge in [0.25, 0.3) is 0 Å². The van der Waals surface area contributed by atoms with E-state index in [1.165, 1.54) is 4.90 Å². The lowest BCUT2D eigenvalue weighted by atomic mass is 10.1. The summed E-state index contributed by atoms with van der Waals surface area (Å²) in [6, 6.07) is 0. The first-order chi connectivity index (χ1) is 34.6. The van der Waals surface area contributed by atoms with Crippen LogP contribution in [0.5, 0.6) is 0 Å². The summed E-state index contributed by atoms with van der Waals surface area (Å²) < 4.78 is 39.8. The Morgan fingerprint density at radius 1 is 0.417 bits per heavy atom. The highest BCUT2D eigenvalue weighted by atomic mass is 16.6. The minimum Gasteiger partial charge on any atom is -0.465 e. The highest BCUT2D eigenvalue weighted by molar-refractivity contribution is 5.73. The number of unbranched alkanes of at least 4 members (excludes halogenated alkanes) is 20. The molecular weight excluding hydrogens is 923 g/mol. The summed E-state index contributed by atoms with van der Waals surface area (Å²) in [7, 11) is 0. The molecule has 2 atom stereocenters. The fourth-order valence-corrected chi connectivity index (χ4v) is 8.07. The van der Waals surface area contributed by atoms with Gasteiger partial charge in [-0.05, 0) is 58.6 Å². The van der Waals surface area contributed by atoms with Crippen molar-refractivity contribution >= 4 is 41.9 Å². The van der Waals surface area contributed by atoms with Crippen molar-refractivity contribution in [2.24, 2.45) is 11.8 Å². The van der Waals surface area contributed by atoms with Crippen LogP contribution in [0.1, 0.15) is 241 Å². The van der Waals surface area contributed by atoms with Crippen LogP contribution in [0, 0.1) is 11.8 Å². The number of amides is 1. The number of esters is 6. The van der Waals surface area contributed by atoms with E-state index in [1.807, 2.05) is 0 Å². The van der Waals surface area contributed by atoms with E-state index < -0.39 is 47.7 Å². The summed E-state index contributed by atoms with van der Waals surface area (Å²) in [6.07, 6.45) is 25.2. The third kappa shape index (κ3) is 37.6. The van der Waals surface area contributed by atoms with Crippen LogP contribution < -0.4 is 0 Å². The molecule has 0 fully saturated rings. The molecule has 0 bridgehead atoms.